The van der Waals surface area contributed by atoms with Gasteiger partial charge in [0.25, 0.3) is 0 Å². The maximum absolute atomic E-state index is 5.34. The molecule has 1 atom stereocenters. The van der Waals surface area contributed by atoms with E-state index in [4.69, 9.17) is 4.74 Å². The van der Waals surface area contributed by atoms with Crippen LogP contribution in [0.25, 0.3) is 0 Å². The minimum absolute atomic E-state index is 0.604. The Kier molecular flexibility index (Phi) is 4.03. The number of halogens is 2. The van der Waals surface area contributed by atoms with Crippen LogP contribution in [0.3, 0.4) is 0 Å². The third kappa shape index (κ3) is 2.59. The Morgan fingerprint density at radius 3 is 2.75 bits per heavy atom. The molecule has 0 fully saturated rings. The molecule has 1 aliphatic carbocycles. The van der Waals surface area contributed by atoms with Gasteiger partial charge in [0.2, 0.25) is 0 Å². The highest BCUT2D eigenvalue weighted by atomic mass is 79.9. The van der Waals surface area contributed by atoms with Crippen molar-refractivity contribution in [3.63, 3.8) is 0 Å². The molecule has 1 unspecified atom stereocenters. The first kappa shape index (κ1) is 14.0. The molecule has 2 nitrogen and oxygen atoms in total. The summed E-state index contributed by atoms with van der Waals surface area (Å²) in [5.74, 6) is 1.44. The van der Waals surface area contributed by atoms with Crippen LogP contribution in [0.1, 0.15) is 17.0 Å². The number of ether oxygens (including phenoxy) is 1. The van der Waals surface area contributed by atoms with Crippen LogP contribution in [0.2, 0.25) is 0 Å². The van der Waals surface area contributed by atoms with Crippen molar-refractivity contribution in [2.24, 2.45) is 0 Å². The van der Waals surface area contributed by atoms with Gasteiger partial charge in [-0.3, -0.25) is 0 Å². The molecule has 0 heterocycles. The summed E-state index contributed by atoms with van der Waals surface area (Å²) >= 11 is 7.07. The largest absolute Gasteiger partial charge is 0.495 e. The molecule has 3 rings (SSSR count). The Morgan fingerprint density at radius 2 is 2.00 bits per heavy atom. The van der Waals surface area contributed by atoms with Crippen LogP contribution in [0, 0.1) is 0 Å². The molecule has 0 spiro atoms. The van der Waals surface area contributed by atoms with Crippen molar-refractivity contribution >= 4 is 37.5 Å². The van der Waals surface area contributed by atoms with Crippen molar-refractivity contribution in [3.05, 3.63) is 56.5 Å². The van der Waals surface area contributed by atoms with Crippen molar-refractivity contribution in [3.8, 4) is 5.75 Å². The highest BCUT2D eigenvalue weighted by Gasteiger charge is 2.25. The molecular weight excluding hydrogens is 382 g/mol. The number of hydrogen-bond acceptors (Lipinski definition) is 2. The molecule has 0 amide bonds. The van der Waals surface area contributed by atoms with E-state index in [9.17, 15) is 0 Å². The molecule has 0 bridgehead atoms. The average molecular weight is 397 g/mol. The van der Waals surface area contributed by atoms with E-state index < -0.39 is 0 Å². The molecule has 0 saturated heterocycles. The van der Waals surface area contributed by atoms with Gasteiger partial charge in [-0.05, 0) is 55.5 Å². The summed E-state index contributed by atoms with van der Waals surface area (Å²) in [7, 11) is 1.68. The van der Waals surface area contributed by atoms with Gasteiger partial charge in [0.15, 0.2) is 0 Å². The lowest BCUT2D eigenvalue weighted by molar-refractivity contribution is 0.412. The van der Waals surface area contributed by atoms with E-state index in [1.807, 2.05) is 12.1 Å². The third-order valence-corrected chi connectivity index (χ3v) is 5.02. The zero-order chi connectivity index (χ0) is 14.1. The molecule has 20 heavy (non-hydrogen) atoms. The van der Waals surface area contributed by atoms with Gasteiger partial charge in [0.1, 0.15) is 5.75 Å². The number of methoxy groups -OCH3 is 1. The zero-order valence-corrected chi connectivity index (χ0v) is 14.3. The summed E-state index contributed by atoms with van der Waals surface area (Å²) in [5.41, 5.74) is 4.02. The van der Waals surface area contributed by atoms with Gasteiger partial charge in [-0.25, -0.2) is 0 Å². The maximum atomic E-state index is 5.34. The van der Waals surface area contributed by atoms with E-state index >= 15 is 0 Å². The minimum atomic E-state index is 0.604. The van der Waals surface area contributed by atoms with Crippen LogP contribution < -0.4 is 10.1 Å². The van der Waals surface area contributed by atoms with Crippen molar-refractivity contribution in [1.29, 1.82) is 0 Å². The van der Waals surface area contributed by atoms with Gasteiger partial charge in [-0.1, -0.05) is 24.3 Å². The van der Waals surface area contributed by atoms with E-state index in [-0.39, 0.29) is 0 Å². The number of rotatable bonds is 4. The first-order valence-corrected chi connectivity index (χ1v) is 8.12. The number of fused-ring (bicyclic) bond motifs is 1. The summed E-state index contributed by atoms with van der Waals surface area (Å²) in [4.78, 5) is 0. The number of nitrogens with one attached hydrogen (secondary N) is 1. The van der Waals surface area contributed by atoms with E-state index in [1.54, 1.807) is 7.11 Å². The highest BCUT2D eigenvalue weighted by Crippen LogP contribution is 2.37. The number of benzene rings is 2. The Labute approximate surface area is 135 Å². The molecule has 0 aromatic heterocycles. The van der Waals surface area contributed by atoms with Crippen LogP contribution in [0.5, 0.6) is 5.75 Å². The summed E-state index contributed by atoms with van der Waals surface area (Å²) in [6, 6.07) is 12.7. The molecule has 0 radical (unpaired) electrons. The molecule has 2 aromatic rings. The van der Waals surface area contributed by atoms with Crippen LogP contribution in [-0.2, 0) is 6.42 Å². The molecule has 104 valence electrons. The van der Waals surface area contributed by atoms with Crippen molar-refractivity contribution in [2.45, 2.75) is 12.3 Å². The minimum Gasteiger partial charge on any atom is -0.495 e. The van der Waals surface area contributed by atoms with Crippen molar-refractivity contribution < 1.29 is 4.74 Å². The van der Waals surface area contributed by atoms with Crippen LogP contribution in [0.15, 0.2) is 45.3 Å². The molecule has 0 saturated carbocycles. The van der Waals surface area contributed by atoms with Crippen LogP contribution in [-0.4, -0.2) is 13.7 Å². The smallest absolute Gasteiger partial charge is 0.135 e. The molecule has 4 heteroatoms. The first-order valence-electron chi connectivity index (χ1n) is 6.53. The Bertz CT molecular complexity index is 642. The second kappa shape index (κ2) is 5.78. The van der Waals surface area contributed by atoms with E-state index in [2.05, 4.69) is 61.4 Å². The van der Waals surface area contributed by atoms with Gasteiger partial charge >= 0.3 is 0 Å². The van der Waals surface area contributed by atoms with E-state index in [0.29, 0.717) is 5.92 Å². The highest BCUT2D eigenvalue weighted by molar-refractivity contribution is 9.11. The second-order valence-electron chi connectivity index (χ2n) is 4.95. The molecule has 1 aliphatic rings. The predicted octanol–water partition coefficient (Wildman–Crippen LogP) is 4.97. The van der Waals surface area contributed by atoms with Gasteiger partial charge in [-0.15, -0.1) is 0 Å². The summed E-state index contributed by atoms with van der Waals surface area (Å²) in [6.45, 7) is 0.945. The Morgan fingerprint density at radius 1 is 1.20 bits per heavy atom. The second-order valence-corrected chi connectivity index (χ2v) is 6.66. The monoisotopic (exact) mass is 395 g/mol. The van der Waals surface area contributed by atoms with Crippen molar-refractivity contribution in [1.82, 2.24) is 0 Å². The predicted molar refractivity (Wildman–Crippen MR) is 89.8 cm³/mol. The lowest BCUT2D eigenvalue weighted by Crippen LogP contribution is -2.24. The van der Waals surface area contributed by atoms with Gasteiger partial charge in [0.05, 0.1) is 17.3 Å². The summed E-state index contributed by atoms with van der Waals surface area (Å²) < 4.78 is 7.33. The lowest BCUT2D eigenvalue weighted by atomic mass is 9.77. The Hall–Kier alpha value is -1.000. The third-order valence-electron chi connectivity index (χ3n) is 3.74. The lowest BCUT2D eigenvalue weighted by Gasteiger charge is -2.30. The van der Waals surface area contributed by atoms with Crippen LogP contribution >= 0.6 is 31.9 Å². The molecule has 0 aliphatic heterocycles. The first-order chi connectivity index (χ1) is 9.69. The molecular formula is C16H15Br2NO. The summed E-state index contributed by atoms with van der Waals surface area (Å²) in [5, 5.41) is 3.51. The standard InChI is InChI=1S/C16H15Br2NO/c1-20-16-8-15(13(17)7-14(16)18)19-9-11-6-10-4-2-3-5-12(10)11/h2-5,7-8,11,19H,6,9H2,1H3. The number of anilines is 1. The molecule has 1 N–H and O–H groups in total. The Balaban J connectivity index is 1.71. The topological polar surface area (TPSA) is 21.3 Å². The fourth-order valence-corrected chi connectivity index (χ4v) is 3.89. The van der Waals surface area contributed by atoms with E-state index in [1.165, 1.54) is 11.1 Å². The molecule has 2 aromatic carbocycles. The van der Waals surface area contributed by atoms with Gasteiger partial charge in [0, 0.05) is 23.0 Å². The zero-order valence-electron chi connectivity index (χ0n) is 11.1. The average Bonchev–Trinajstić information content (AvgIpc) is 2.42. The normalized spacial score (nSPS) is 16.2. The van der Waals surface area contributed by atoms with Crippen LogP contribution in [0.4, 0.5) is 5.69 Å². The summed E-state index contributed by atoms with van der Waals surface area (Å²) in [6.07, 6.45) is 1.16. The van der Waals surface area contributed by atoms with Gasteiger partial charge in [-0.2, -0.15) is 0 Å². The maximum Gasteiger partial charge on any atom is 0.135 e. The van der Waals surface area contributed by atoms with Crippen molar-refractivity contribution in [2.75, 3.05) is 19.0 Å². The fourth-order valence-electron chi connectivity index (χ4n) is 2.60. The SMILES string of the molecule is COc1cc(NCC2Cc3ccccc32)c(Br)cc1Br. The number of hydrogen-bond donors (Lipinski definition) is 1. The van der Waals surface area contributed by atoms with E-state index in [0.717, 1.165) is 33.3 Å². The quantitative estimate of drug-likeness (QED) is 0.787. The fraction of sp³-hybridized carbons (Fsp3) is 0.250. The van der Waals surface area contributed by atoms with Gasteiger partial charge < -0.3 is 10.1 Å².